The lowest BCUT2D eigenvalue weighted by molar-refractivity contribution is 0.398. The number of rotatable bonds is 5. The van der Waals surface area contributed by atoms with Crippen LogP contribution < -0.4 is 10.5 Å². The smallest absolute Gasteiger partial charge is 0.212 e. The van der Waals surface area contributed by atoms with Crippen LogP contribution in [0.4, 0.5) is 5.82 Å². The van der Waals surface area contributed by atoms with Gasteiger partial charge in [-0.05, 0) is 12.5 Å². The second-order valence-corrected chi connectivity index (χ2v) is 5.10. The van der Waals surface area contributed by atoms with Gasteiger partial charge in [0.1, 0.15) is 17.3 Å². The summed E-state index contributed by atoms with van der Waals surface area (Å²) in [4.78, 5) is 8.93. The van der Waals surface area contributed by atoms with E-state index in [1.807, 2.05) is 12.1 Å². The summed E-state index contributed by atoms with van der Waals surface area (Å²) in [6.07, 6.45) is 2.78. The molecular formula is C15H22N4O. The first kappa shape index (κ1) is 14.4. The predicted molar refractivity (Wildman–Crippen MR) is 80.8 cm³/mol. The summed E-state index contributed by atoms with van der Waals surface area (Å²) in [6.45, 7) is 7.28. The Kier molecular flexibility index (Phi) is 4.27. The number of nitrogen functional groups attached to an aromatic ring is 1. The fourth-order valence-electron chi connectivity index (χ4n) is 2.24. The number of ether oxygens (including phenoxy) is 1. The van der Waals surface area contributed by atoms with Crippen molar-refractivity contribution in [3.8, 4) is 17.1 Å². The first-order valence-corrected chi connectivity index (χ1v) is 6.94. The fourth-order valence-corrected chi connectivity index (χ4v) is 2.24. The lowest BCUT2D eigenvalue weighted by atomic mass is 10.2. The number of aromatic nitrogens is 3. The summed E-state index contributed by atoms with van der Waals surface area (Å²) in [6, 6.07) is 3.76. The van der Waals surface area contributed by atoms with E-state index in [0.29, 0.717) is 17.6 Å². The van der Waals surface area contributed by atoms with E-state index < -0.39 is 0 Å². The minimum atomic E-state index is 0.337. The van der Waals surface area contributed by atoms with Crippen molar-refractivity contribution in [1.29, 1.82) is 0 Å². The number of hydrogen-bond acceptors (Lipinski definition) is 4. The highest BCUT2D eigenvalue weighted by Gasteiger charge is 2.18. The lowest BCUT2D eigenvalue weighted by Gasteiger charge is -2.10. The summed E-state index contributed by atoms with van der Waals surface area (Å²) in [5.74, 6) is 2.66. The number of methoxy groups -OCH3 is 1. The van der Waals surface area contributed by atoms with Crippen molar-refractivity contribution in [2.45, 2.75) is 39.7 Å². The molecule has 0 atom stereocenters. The van der Waals surface area contributed by atoms with Crippen molar-refractivity contribution < 1.29 is 4.74 Å². The van der Waals surface area contributed by atoms with E-state index in [4.69, 9.17) is 15.5 Å². The number of nitrogens with zero attached hydrogens (tertiary/aromatic N) is 3. The van der Waals surface area contributed by atoms with Gasteiger partial charge in [-0.25, -0.2) is 9.97 Å². The third-order valence-electron chi connectivity index (χ3n) is 3.22. The van der Waals surface area contributed by atoms with Crippen LogP contribution in [0, 0.1) is 0 Å². The zero-order chi connectivity index (χ0) is 14.7. The number of imidazole rings is 1. The van der Waals surface area contributed by atoms with Gasteiger partial charge in [0.2, 0.25) is 5.88 Å². The third-order valence-corrected chi connectivity index (χ3v) is 3.22. The van der Waals surface area contributed by atoms with E-state index in [1.165, 1.54) is 0 Å². The van der Waals surface area contributed by atoms with E-state index in [2.05, 4.69) is 30.3 Å². The summed E-state index contributed by atoms with van der Waals surface area (Å²) in [5.41, 5.74) is 7.99. The lowest BCUT2D eigenvalue weighted by Crippen LogP contribution is -2.08. The van der Waals surface area contributed by atoms with E-state index in [0.717, 1.165) is 30.0 Å². The molecule has 2 N–H and O–H groups in total. The number of pyridine rings is 1. The quantitative estimate of drug-likeness (QED) is 0.910. The van der Waals surface area contributed by atoms with Crippen LogP contribution in [-0.2, 0) is 6.54 Å². The first-order valence-electron chi connectivity index (χ1n) is 6.94. The average molecular weight is 274 g/mol. The topological polar surface area (TPSA) is 66.0 Å². The Morgan fingerprint density at radius 3 is 2.60 bits per heavy atom. The van der Waals surface area contributed by atoms with Crippen molar-refractivity contribution in [2.24, 2.45) is 0 Å². The van der Waals surface area contributed by atoms with Crippen LogP contribution in [0.1, 0.15) is 38.9 Å². The van der Waals surface area contributed by atoms with Crippen LogP contribution in [0.5, 0.6) is 5.88 Å². The molecule has 0 saturated carbocycles. The van der Waals surface area contributed by atoms with E-state index in [9.17, 15) is 0 Å². The van der Waals surface area contributed by atoms with Crippen LogP contribution in [0.15, 0.2) is 18.3 Å². The third kappa shape index (κ3) is 2.61. The molecule has 0 saturated heterocycles. The summed E-state index contributed by atoms with van der Waals surface area (Å²) < 4.78 is 7.17. The van der Waals surface area contributed by atoms with Crippen LogP contribution in [0.3, 0.4) is 0 Å². The van der Waals surface area contributed by atoms with Gasteiger partial charge < -0.3 is 15.0 Å². The largest absolute Gasteiger partial charge is 0.481 e. The summed E-state index contributed by atoms with van der Waals surface area (Å²) in [7, 11) is 1.60. The Hall–Kier alpha value is -2.04. The molecule has 2 heterocycles. The van der Waals surface area contributed by atoms with Gasteiger partial charge in [0.15, 0.2) is 0 Å². The van der Waals surface area contributed by atoms with Crippen molar-refractivity contribution in [3.05, 3.63) is 24.2 Å². The molecule has 0 radical (unpaired) electrons. The van der Waals surface area contributed by atoms with Crippen molar-refractivity contribution in [1.82, 2.24) is 14.5 Å². The minimum Gasteiger partial charge on any atom is -0.481 e. The standard InChI is InChI=1S/C15H22N4O/c1-5-8-19-14(16)13(18-15(19)10(2)3)11-6-7-12(20-4)17-9-11/h6-7,9-10H,5,8,16H2,1-4H3. The Bertz CT molecular complexity index is 572. The van der Waals surface area contributed by atoms with Gasteiger partial charge in [0, 0.05) is 30.3 Å². The molecule has 0 aromatic carbocycles. The van der Waals surface area contributed by atoms with Crippen molar-refractivity contribution in [3.63, 3.8) is 0 Å². The van der Waals surface area contributed by atoms with Gasteiger partial charge >= 0.3 is 0 Å². The van der Waals surface area contributed by atoms with Crippen molar-refractivity contribution in [2.75, 3.05) is 12.8 Å². The molecule has 0 fully saturated rings. The van der Waals surface area contributed by atoms with Crippen LogP contribution in [0.25, 0.3) is 11.3 Å². The normalized spacial score (nSPS) is 11.1. The molecule has 5 nitrogen and oxygen atoms in total. The highest BCUT2D eigenvalue weighted by molar-refractivity contribution is 5.70. The second kappa shape index (κ2) is 5.94. The maximum atomic E-state index is 6.27. The van der Waals surface area contributed by atoms with Crippen LogP contribution in [0.2, 0.25) is 0 Å². The number of anilines is 1. The molecule has 2 aromatic rings. The summed E-state index contributed by atoms with van der Waals surface area (Å²) >= 11 is 0. The molecule has 0 aliphatic carbocycles. The van der Waals surface area contributed by atoms with Gasteiger partial charge in [0.05, 0.1) is 7.11 Å². The maximum Gasteiger partial charge on any atom is 0.212 e. The molecule has 0 amide bonds. The average Bonchev–Trinajstić information content (AvgIpc) is 2.77. The summed E-state index contributed by atoms with van der Waals surface area (Å²) in [5, 5.41) is 0. The molecule has 2 rings (SSSR count). The Morgan fingerprint density at radius 1 is 1.35 bits per heavy atom. The van der Waals surface area contributed by atoms with Gasteiger partial charge in [-0.2, -0.15) is 0 Å². The van der Waals surface area contributed by atoms with Gasteiger partial charge in [-0.1, -0.05) is 20.8 Å². The molecule has 0 spiro atoms. The SMILES string of the molecule is CCCn1c(C(C)C)nc(-c2ccc(OC)nc2)c1N. The molecule has 108 valence electrons. The Balaban J connectivity index is 2.47. The molecular weight excluding hydrogens is 252 g/mol. The monoisotopic (exact) mass is 274 g/mol. The molecule has 20 heavy (non-hydrogen) atoms. The zero-order valence-corrected chi connectivity index (χ0v) is 12.6. The van der Waals surface area contributed by atoms with E-state index in [1.54, 1.807) is 13.3 Å². The van der Waals surface area contributed by atoms with Crippen LogP contribution in [-0.4, -0.2) is 21.6 Å². The minimum absolute atomic E-state index is 0.337. The molecule has 2 aromatic heterocycles. The van der Waals surface area contributed by atoms with Crippen LogP contribution >= 0.6 is 0 Å². The first-order chi connectivity index (χ1) is 9.58. The molecule has 0 aliphatic rings. The zero-order valence-electron chi connectivity index (χ0n) is 12.6. The van der Waals surface area contributed by atoms with Gasteiger partial charge in [-0.3, -0.25) is 0 Å². The fraction of sp³-hybridized carbons (Fsp3) is 0.467. The molecule has 5 heteroatoms. The van der Waals surface area contributed by atoms with E-state index >= 15 is 0 Å². The number of nitrogens with two attached hydrogens (primary N) is 1. The van der Waals surface area contributed by atoms with Crippen molar-refractivity contribution >= 4 is 5.82 Å². The van der Waals surface area contributed by atoms with Gasteiger partial charge in [0.25, 0.3) is 0 Å². The second-order valence-electron chi connectivity index (χ2n) is 5.10. The Morgan fingerprint density at radius 2 is 2.10 bits per heavy atom. The highest BCUT2D eigenvalue weighted by atomic mass is 16.5. The number of hydrogen-bond donors (Lipinski definition) is 1. The maximum absolute atomic E-state index is 6.27. The van der Waals surface area contributed by atoms with E-state index in [-0.39, 0.29) is 0 Å². The Labute approximate surface area is 119 Å². The highest BCUT2D eigenvalue weighted by Crippen LogP contribution is 2.29. The predicted octanol–water partition coefficient (Wildman–Crippen LogP) is 3.07. The van der Waals surface area contributed by atoms with Gasteiger partial charge in [-0.15, -0.1) is 0 Å². The molecule has 0 unspecified atom stereocenters. The molecule has 0 bridgehead atoms. The molecule has 0 aliphatic heterocycles.